The Kier molecular flexibility index (Phi) is 9.72. The number of carbonyl (C=O) groups excluding carboxylic acids is 1. The average molecular weight is 646 g/mol. The third-order valence-corrected chi connectivity index (χ3v) is 13.0. The SMILES string of the molecule is CC(C)(C)S(C#Cc1cccc(-c2csc(NC(=O)c3ccc(CN4CCOCC4)cc3)n2)c1)(c1ccccc1)c1ccccc1. The molecule has 5 nitrogen and oxygen atoms in total. The van der Waals surface area contributed by atoms with Gasteiger partial charge in [0.15, 0.2) is 5.13 Å². The summed E-state index contributed by atoms with van der Waals surface area (Å²) in [5.41, 5.74) is 4.51. The first-order valence-corrected chi connectivity index (χ1v) is 18.1. The highest BCUT2D eigenvalue weighted by Crippen LogP contribution is 2.69. The fraction of sp³-hybridized carbons (Fsp3) is 0.231. The van der Waals surface area contributed by atoms with Gasteiger partial charge in [0.1, 0.15) is 0 Å². The van der Waals surface area contributed by atoms with Crippen LogP contribution in [-0.4, -0.2) is 46.8 Å². The van der Waals surface area contributed by atoms with Crippen LogP contribution in [0, 0.1) is 11.2 Å². The standard InChI is InChI=1S/C39H39N3O2S2/c1-39(2,3)46(34-13-6-4-7-14-34,35-15-8-5-9-16-35)26-21-30-11-10-12-33(27-30)36-29-45-38(40-36)41-37(43)32-19-17-31(18-20-32)28-42-22-24-44-25-23-42/h4-20,27,29H,22-25,28H2,1-3H3,(H,40,41,43). The minimum Gasteiger partial charge on any atom is -0.379 e. The van der Waals surface area contributed by atoms with Gasteiger partial charge in [0.2, 0.25) is 0 Å². The molecule has 0 unspecified atom stereocenters. The number of anilines is 1. The summed E-state index contributed by atoms with van der Waals surface area (Å²) in [6.07, 6.45) is 0. The second kappa shape index (κ2) is 14.1. The summed E-state index contributed by atoms with van der Waals surface area (Å²) in [6, 6.07) is 37.4. The predicted molar refractivity (Wildman–Crippen MR) is 192 cm³/mol. The number of morpholine rings is 1. The van der Waals surface area contributed by atoms with E-state index in [9.17, 15) is 4.79 Å². The number of rotatable bonds is 7. The van der Waals surface area contributed by atoms with Crippen LogP contribution in [0.4, 0.5) is 5.13 Å². The highest BCUT2D eigenvalue weighted by molar-refractivity contribution is 8.38. The number of nitrogens with zero attached hydrogens (tertiary/aromatic N) is 2. The fourth-order valence-corrected chi connectivity index (χ4v) is 10.0. The Hall–Kier alpha value is -4.19. The Morgan fingerprint density at radius 3 is 2.17 bits per heavy atom. The van der Waals surface area contributed by atoms with Gasteiger partial charge in [-0.15, -0.1) is 21.4 Å². The largest absolute Gasteiger partial charge is 0.379 e. The normalized spacial score (nSPS) is 14.2. The zero-order chi connectivity index (χ0) is 32.0. The molecule has 1 amide bonds. The van der Waals surface area contributed by atoms with E-state index < -0.39 is 10.0 Å². The van der Waals surface area contributed by atoms with Crippen molar-refractivity contribution in [2.75, 3.05) is 31.6 Å². The topological polar surface area (TPSA) is 54.5 Å². The van der Waals surface area contributed by atoms with Gasteiger partial charge in [-0.3, -0.25) is 15.0 Å². The van der Waals surface area contributed by atoms with E-state index >= 15 is 0 Å². The molecule has 1 aliphatic heterocycles. The molecule has 46 heavy (non-hydrogen) atoms. The van der Waals surface area contributed by atoms with E-state index in [0.29, 0.717) is 10.7 Å². The van der Waals surface area contributed by atoms with Crippen molar-refractivity contribution < 1.29 is 9.53 Å². The van der Waals surface area contributed by atoms with Crippen molar-refractivity contribution in [2.24, 2.45) is 0 Å². The van der Waals surface area contributed by atoms with Crippen LogP contribution in [0.1, 0.15) is 42.3 Å². The van der Waals surface area contributed by atoms with E-state index in [0.717, 1.165) is 49.7 Å². The quantitative estimate of drug-likeness (QED) is 0.180. The van der Waals surface area contributed by atoms with E-state index in [1.165, 1.54) is 26.7 Å². The predicted octanol–water partition coefficient (Wildman–Crippen LogP) is 8.92. The lowest BCUT2D eigenvalue weighted by molar-refractivity contribution is 0.0342. The molecule has 1 saturated heterocycles. The lowest BCUT2D eigenvalue weighted by Crippen LogP contribution is -2.35. The van der Waals surface area contributed by atoms with E-state index in [2.05, 4.69) is 115 Å². The van der Waals surface area contributed by atoms with Crippen molar-refractivity contribution in [3.63, 3.8) is 0 Å². The number of ether oxygens (including phenoxy) is 1. The summed E-state index contributed by atoms with van der Waals surface area (Å²) in [6.45, 7) is 11.1. The first kappa shape index (κ1) is 31.8. The fourth-order valence-electron chi connectivity index (χ4n) is 5.67. The summed E-state index contributed by atoms with van der Waals surface area (Å²) in [7, 11) is -1.72. The van der Waals surface area contributed by atoms with Crippen molar-refractivity contribution >= 4 is 32.4 Å². The number of hydrogen-bond donors (Lipinski definition) is 1. The molecule has 0 spiro atoms. The summed E-state index contributed by atoms with van der Waals surface area (Å²) < 4.78 is 5.33. The van der Waals surface area contributed by atoms with E-state index in [1.807, 2.05) is 41.8 Å². The maximum absolute atomic E-state index is 13.0. The molecular weight excluding hydrogens is 607 g/mol. The van der Waals surface area contributed by atoms with Gasteiger partial charge in [0.25, 0.3) is 5.91 Å². The molecule has 1 fully saturated rings. The van der Waals surface area contributed by atoms with Crippen LogP contribution in [0.25, 0.3) is 11.3 Å². The third-order valence-electron chi connectivity index (χ3n) is 8.07. The molecule has 0 aliphatic carbocycles. The molecule has 0 atom stereocenters. The van der Waals surface area contributed by atoms with E-state index in [4.69, 9.17) is 9.72 Å². The molecule has 0 bridgehead atoms. The van der Waals surface area contributed by atoms with Crippen LogP contribution in [0.15, 0.2) is 124 Å². The number of amides is 1. The second-order valence-corrected chi connectivity index (χ2v) is 16.7. The number of carbonyl (C=O) groups is 1. The van der Waals surface area contributed by atoms with E-state index in [1.54, 1.807) is 0 Å². The Balaban J connectivity index is 1.21. The molecule has 1 aliphatic rings. The monoisotopic (exact) mass is 645 g/mol. The molecule has 234 valence electrons. The average Bonchev–Trinajstić information content (AvgIpc) is 3.55. The van der Waals surface area contributed by atoms with Crippen LogP contribution in [0.2, 0.25) is 0 Å². The van der Waals surface area contributed by atoms with Gasteiger partial charge in [-0.1, -0.05) is 87.4 Å². The number of benzene rings is 4. The van der Waals surface area contributed by atoms with E-state index in [-0.39, 0.29) is 10.7 Å². The first-order chi connectivity index (χ1) is 22.3. The van der Waals surface area contributed by atoms with Gasteiger partial charge in [0.05, 0.1) is 18.9 Å². The highest BCUT2D eigenvalue weighted by atomic mass is 32.3. The first-order valence-electron chi connectivity index (χ1n) is 15.5. The van der Waals surface area contributed by atoms with Gasteiger partial charge in [-0.25, -0.2) is 4.98 Å². The maximum atomic E-state index is 13.0. The molecule has 6 rings (SSSR count). The summed E-state index contributed by atoms with van der Waals surface area (Å²) in [4.78, 5) is 22.6. The molecule has 1 aromatic heterocycles. The van der Waals surface area contributed by atoms with Gasteiger partial charge in [-0.2, -0.15) is 0 Å². The third kappa shape index (κ3) is 7.11. The van der Waals surface area contributed by atoms with Gasteiger partial charge in [0, 0.05) is 56.2 Å². The highest BCUT2D eigenvalue weighted by Gasteiger charge is 2.39. The van der Waals surface area contributed by atoms with Gasteiger partial charge >= 0.3 is 0 Å². The van der Waals surface area contributed by atoms with Crippen LogP contribution in [0.5, 0.6) is 0 Å². The number of aromatic nitrogens is 1. The smallest absolute Gasteiger partial charge is 0.257 e. The van der Waals surface area contributed by atoms with Crippen LogP contribution in [0.3, 0.4) is 0 Å². The zero-order valence-electron chi connectivity index (χ0n) is 26.5. The number of thiazole rings is 1. The molecule has 5 aromatic rings. The van der Waals surface area contributed by atoms with Crippen LogP contribution >= 0.6 is 21.4 Å². The molecule has 1 N–H and O–H groups in total. The van der Waals surface area contributed by atoms with Gasteiger partial charge < -0.3 is 4.74 Å². The second-order valence-electron chi connectivity index (χ2n) is 12.2. The summed E-state index contributed by atoms with van der Waals surface area (Å²) in [5, 5.41) is 9.35. The van der Waals surface area contributed by atoms with Crippen molar-refractivity contribution in [2.45, 2.75) is 41.9 Å². The Bertz CT molecular complexity index is 1790. The Morgan fingerprint density at radius 1 is 0.891 bits per heavy atom. The molecule has 2 heterocycles. The molecule has 0 radical (unpaired) electrons. The minimum atomic E-state index is -1.72. The number of hydrogen-bond acceptors (Lipinski definition) is 5. The van der Waals surface area contributed by atoms with Crippen molar-refractivity contribution in [1.82, 2.24) is 9.88 Å². The molecule has 7 heteroatoms. The van der Waals surface area contributed by atoms with Crippen molar-refractivity contribution in [3.05, 3.63) is 131 Å². The zero-order valence-corrected chi connectivity index (χ0v) is 28.2. The lowest BCUT2D eigenvalue weighted by atomic mass is 10.1. The lowest BCUT2D eigenvalue weighted by Gasteiger charge is -2.47. The maximum Gasteiger partial charge on any atom is 0.257 e. The molecule has 0 saturated carbocycles. The van der Waals surface area contributed by atoms with Crippen LogP contribution < -0.4 is 5.32 Å². The van der Waals surface area contributed by atoms with Crippen molar-refractivity contribution in [3.8, 4) is 22.4 Å². The minimum absolute atomic E-state index is 0.106. The van der Waals surface area contributed by atoms with Crippen molar-refractivity contribution in [1.29, 1.82) is 0 Å². The van der Waals surface area contributed by atoms with Crippen LogP contribution in [-0.2, 0) is 11.3 Å². The number of nitrogens with one attached hydrogen (secondary N) is 1. The summed E-state index contributed by atoms with van der Waals surface area (Å²) >= 11 is 1.42. The Labute approximate surface area is 278 Å². The molecule has 4 aromatic carbocycles. The van der Waals surface area contributed by atoms with Gasteiger partial charge in [-0.05, 0) is 59.3 Å². The summed E-state index contributed by atoms with van der Waals surface area (Å²) in [5.74, 6) is 3.41. The molecular formula is C39H39N3O2S2. The Morgan fingerprint density at radius 2 is 1.54 bits per heavy atom.